The Kier molecular flexibility index (Phi) is 5.93. The number of hydrogen-bond acceptors (Lipinski definition) is 6. The number of ether oxygens (including phenoxy) is 1. The first-order chi connectivity index (χ1) is 9.15. The monoisotopic (exact) mass is 309 g/mol. The van der Waals surface area contributed by atoms with Gasteiger partial charge >= 0.3 is 5.97 Å². The number of carbonyl (C=O) groups excluding carboxylic acids is 1. The van der Waals surface area contributed by atoms with Crippen LogP contribution in [-0.4, -0.2) is 55.2 Å². The molecule has 1 rings (SSSR count). The minimum atomic E-state index is -3.59. The second-order valence-corrected chi connectivity index (χ2v) is 7.19. The third-order valence-corrected chi connectivity index (χ3v) is 4.14. The maximum atomic E-state index is 12.0. The molecule has 0 bridgehead atoms. The van der Waals surface area contributed by atoms with E-state index in [1.807, 2.05) is 4.72 Å². The molecule has 3 N–H and O–H groups in total. The predicted molar refractivity (Wildman–Crippen MR) is 72.4 cm³/mol. The van der Waals surface area contributed by atoms with Crippen molar-refractivity contribution in [2.45, 2.75) is 56.8 Å². The molecule has 7 nitrogen and oxygen atoms in total. The molecule has 0 aromatic carbocycles. The molecule has 0 unspecified atom stereocenters. The SMILES string of the molecule is C[C@H](O)[C@@](O)(CNS(C)(=O)=O)C(=O)OC1CCCCC1. The van der Waals surface area contributed by atoms with Crippen molar-refractivity contribution in [2.24, 2.45) is 0 Å². The molecule has 0 radical (unpaired) electrons. The molecule has 1 saturated carbocycles. The van der Waals surface area contributed by atoms with Gasteiger partial charge in [0.05, 0.1) is 18.9 Å². The Morgan fingerprint density at radius 1 is 1.40 bits per heavy atom. The summed E-state index contributed by atoms with van der Waals surface area (Å²) < 4.78 is 29.3. The van der Waals surface area contributed by atoms with Gasteiger partial charge in [-0.3, -0.25) is 0 Å². The minimum absolute atomic E-state index is 0.278. The number of carbonyl (C=O) groups is 1. The quantitative estimate of drug-likeness (QED) is 0.571. The van der Waals surface area contributed by atoms with Gasteiger partial charge in [0.2, 0.25) is 15.6 Å². The molecule has 1 fully saturated rings. The summed E-state index contributed by atoms with van der Waals surface area (Å²) in [4.78, 5) is 12.0. The van der Waals surface area contributed by atoms with Crippen molar-refractivity contribution in [1.29, 1.82) is 0 Å². The van der Waals surface area contributed by atoms with Crippen molar-refractivity contribution in [1.82, 2.24) is 4.72 Å². The molecule has 0 spiro atoms. The van der Waals surface area contributed by atoms with Crippen molar-refractivity contribution in [2.75, 3.05) is 12.8 Å². The van der Waals surface area contributed by atoms with Gasteiger partial charge in [-0.05, 0) is 32.6 Å². The molecule has 0 aromatic rings. The number of nitrogens with one attached hydrogen (secondary N) is 1. The summed E-state index contributed by atoms with van der Waals surface area (Å²) >= 11 is 0. The number of sulfonamides is 1. The highest BCUT2D eigenvalue weighted by Gasteiger charge is 2.44. The highest BCUT2D eigenvalue weighted by Crippen LogP contribution is 2.23. The lowest BCUT2D eigenvalue weighted by Gasteiger charge is -2.31. The Morgan fingerprint density at radius 3 is 2.40 bits per heavy atom. The Bertz CT molecular complexity index is 429. The highest BCUT2D eigenvalue weighted by atomic mass is 32.2. The number of hydrogen-bond donors (Lipinski definition) is 3. The lowest BCUT2D eigenvalue weighted by Crippen LogP contribution is -2.57. The maximum absolute atomic E-state index is 12.0. The van der Waals surface area contributed by atoms with Gasteiger partial charge in [-0.25, -0.2) is 17.9 Å². The van der Waals surface area contributed by atoms with Crippen molar-refractivity contribution in [3.05, 3.63) is 0 Å². The van der Waals surface area contributed by atoms with Crippen molar-refractivity contribution in [3.8, 4) is 0 Å². The Hall–Kier alpha value is -0.700. The minimum Gasteiger partial charge on any atom is -0.460 e. The van der Waals surface area contributed by atoms with Crippen LogP contribution in [0.25, 0.3) is 0 Å². The van der Waals surface area contributed by atoms with Crippen LogP contribution in [0.5, 0.6) is 0 Å². The lowest BCUT2D eigenvalue weighted by atomic mass is 9.96. The van der Waals surface area contributed by atoms with Crippen LogP contribution in [0.3, 0.4) is 0 Å². The van der Waals surface area contributed by atoms with Gasteiger partial charge in [0.15, 0.2) is 0 Å². The van der Waals surface area contributed by atoms with Crippen LogP contribution in [0.15, 0.2) is 0 Å². The molecule has 1 aliphatic rings. The molecule has 1 aliphatic carbocycles. The van der Waals surface area contributed by atoms with Gasteiger partial charge in [-0.1, -0.05) is 6.42 Å². The van der Waals surface area contributed by atoms with Gasteiger partial charge in [0.1, 0.15) is 6.10 Å². The zero-order valence-electron chi connectivity index (χ0n) is 11.8. The fraction of sp³-hybridized carbons (Fsp3) is 0.917. The first kappa shape index (κ1) is 17.4. The highest BCUT2D eigenvalue weighted by molar-refractivity contribution is 7.88. The molecule has 0 saturated heterocycles. The van der Waals surface area contributed by atoms with E-state index in [9.17, 15) is 23.4 Å². The summed E-state index contributed by atoms with van der Waals surface area (Å²) in [6.07, 6.45) is 3.61. The fourth-order valence-electron chi connectivity index (χ4n) is 2.07. The fourth-order valence-corrected chi connectivity index (χ4v) is 2.55. The predicted octanol–water partition coefficient (Wildman–Crippen LogP) is -0.477. The smallest absolute Gasteiger partial charge is 0.342 e. The number of aliphatic hydroxyl groups excluding tert-OH is 1. The Labute approximate surface area is 119 Å². The summed E-state index contributed by atoms with van der Waals surface area (Å²) in [6, 6.07) is 0. The zero-order valence-corrected chi connectivity index (χ0v) is 12.6. The molecule has 0 aromatic heterocycles. The first-order valence-electron chi connectivity index (χ1n) is 6.71. The van der Waals surface area contributed by atoms with Gasteiger partial charge < -0.3 is 14.9 Å². The lowest BCUT2D eigenvalue weighted by molar-refractivity contribution is -0.182. The number of esters is 1. The van der Waals surface area contributed by atoms with Crippen LogP contribution in [0.2, 0.25) is 0 Å². The normalized spacial score (nSPS) is 22.0. The van der Waals surface area contributed by atoms with E-state index in [0.29, 0.717) is 0 Å². The molecule has 0 aliphatic heterocycles. The van der Waals surface area contributed by atoms with E-state index in [1.165, 1.54) is 6.92 Å². The van der Waals surface area contributed by atoms with Crippen LogP contribution in [0.4, 0.5) is 0 Å². The van der Waals surface area contributed by atoms with E-state index in [-0.39, 0.29) is 6.10 Å². The average Bonchev–Trinajstić information content (AvgIpc) is 2.36. The molecular weight excluding hydrogens is 286 g/mol. The number of rotatable bonds is 6. The van der Waals surface area contributed by atoms with Crippen LogP contribution in [0.1, 0.15) is 39.0 Å². The Balaban J connectivity index is 2.69. The molecule has 0 amide bonds. The average molecular weight is 309 g/mol. The summed E-state index contributed by atoms with van der Waals surface area (Å²) in [5, 5.41) is 19.8. The molecule has 8 heteroatoms. The molecule has 20 heavy (non-hydrogen) atoms. The maximum Gasteiger partial charge on any atom is 0.342 e. The van der Waals surface area contributed by atoms with E-state index in [0.717, 1.165) is 38.4 Å². The van der Waals surface area contributed by atoms with E-state index in [1.54, 1.807) is 0 Å². The molecule has 118 valence electrons. The summed E-state index contributed by atoms with van der Waals surface area (Å²) in [5.74, 6) is -0.990. The van der Waals surface area contributed by atoms with E-state index in [4.69, 9.17) is 4.74 Å². The van der Waals surface area contributed by atoms with Crippen LogP contribution >= 0.6 is 0 Å². The molecule has 2 atom stereocenters. The summed E-state index contributed by atoms with van der Waals surface area (Å²) in [5.41, 5.74) is -2.28. The van der Waals surface area contributed by atoms with Gasteiger partial charge in [0.25, 0.3) is 0 Å². The number of aliphatic hydroxyl groups is 2. The van der Waals surface area contributed by atoms with Crippen LogP contribution in [-0.2, 0) is 19.6 Å². The topological polar surface area (TPSA) is 113 Å². The summed E-state index contributed by atoms with van der Waals surface area (Å²) in [6.45, 7) is 0.598. The first-order valence-corrected chi connectivity index (χ1v) is 8.60. The van der Waals surface area contributed by atoms with Gasteiger partial charge in [-0.2, -0.15) is 0 Å². The zero-order chi connectivity index (χ0) is 15.4. The van der Waals surface area contributed by atoms with Crippen molar-refractivity contribution in [3.63, 3.8) is 0 Å². The second-order valence-electron chi connectivity index (χ2n) is 5.36. The summed E-state index contributed by atoms with van der Waals surface area (Å²) in [7, 11) is -3.59. The van der Waals surface area contributed by atoms with Gasteiger partial charge in [0, 0.05) is 0 Å². The van der Waals surface area contributed by atoms with Crippen molar-refractivity contribution < 1.29 is 28.2 Å². The third-order valence-electron chi connectivity index (χ3n) is 3.47. The largest absolute Gasteiger partial charge is 0.460 e. The molecular formula is C12H23NO6S. The standard InChI is InChI=1S/C12H23NO6S/c1-9(14)12(16,8-13-20(2,17)18)11(15)19-10-6-4-3-5-7-10/h9-10,13-14,16H,3-8H2,1-2H3/t9-,12-/m0/s1. The van der Waals surface area contributed by atoms with E-state index in [2.05, 4.69) is 0 Å². The van der Waals surface area contributed by atoms with Crippen molar-refractivity contribution >= 4 is 16.0 Å². The van der Waals surface area contributed by atoms with E-state index >= 15 is 0 Å². The van der Waals surface area contributed by atoms with Crippen LogP contribution in [0, 0.1) is 0 Å². The van der Waals surface area contributed by atoms with Gasteiger partial charge in [-0.15, -0.1) is 0 Å². The molecule has 0 heterocycles. The Morgan fingerprint density at radius 2 is 1.95 bits per heavy atom. The second kappa shape index (κ2) is 6.84. The van der Waals surface area contributed by atoms with E-state index < -0.39 is 34.2 Å². The van der Waals surface area contributed by atoms with Crippen LogP contribution < -0.4 is 4.72 Å². The third kappa shape index (κ3) is 5.01.